The summed E-state index contributed by atoms with van der Waals surface area (Å²) in [5.41, 5.74) is 0. The van der Waals surface area contributed by atoms with E-state index in [9.17, 15) is 4.57 Å². The Labute approximate surface area is 61.4 Å². The molecule has 1 atom stereocenters. The average molecular weight is 169 g/mol. The molecule has 0 aromatic carbocycles. The summed E-state index contributed by atoms with van der Waals surface area (Å²) in [5.74, 6) is 1.86. The first kappa shape index (κ1) is 12.3. The van der Waals surface area contributed by atoms with E-state index in [1.165, 1.54) is 13.8 Å². The Balaban J connectivity index is 0. The van der Waals surface area contributed by atoms with E-state index in [1.807, 2.05) is 5.79 Å². The van der Waals surface area contributed by atoms with Crippen LogP contribution < -0.4 is 0 Å². The highest BCUT2D eigenvalue weighted by Gasteiger charge is 2.10. The van der Waals surface area contributed by atoms with Crippen molar-refractivity contribution in [3.05, 3.63) is 0 Å². The number of hydrogen-bond acceptors (Lipinski definition) is 3. The summed E-state index contributed by atoms with van der Waals surface area (Å²) >= 11 is -0.181. The van der Waals surface area contributed by atoms with Crippen molar-refractivity contribution in [2.75, 3.05) is 13.8 Å². The van der Waals surface area contributed by atoms with Crippen LogP contribution in [0.4, 0.5) is 0 Å². The molecule has 0 saturated carbocycles. The van der Waals surface area contributed by atoms with Crippen LogP contribution in [-0.2, 0) is 12.7 Å². The SMILES string of the molecule is COP(C)(=O)[O][Al][CH3].O. The Morgan fingerprint density at radius 3 is 2.11 bits per heavy atom. The van der Waals surface area contributed by atoms with E-state index >= 15 is 0 Å². The quantitative estimate of drug-likeness (QED) is 0.451. The second-order valence-corrected chi connectivity index (χ2v) is 4.52. The minimum absolute atomic E-state index is 0. The summed E-state index contributed by atoms with van der Waals surface area (Å²) in [7, 11) is -1.25. The zero-order chi connectivity index (χ0) is 6.62. The molecule has 0 amide bonds. The second-order valence-electron chi connectivity index (χ2n) is 1.30. The first-order valence-electron chi connectivity index (χ1n) is 2.22. The van der Waals surface area contributed by atoms with Gasteiger partial charge in [0.25, 0.3) is 7.60 Å². The first-order valence-corrected chi connectivity index (χ1v) is 5.83. The van der Waals surface area contributed by atoms with Crippen molar-refractivity contribution in [1.82, 2.24) is 0 Å². The van der Waals surface area contributed by atoms with Crippen LogP contribution in [0.2, 0.25) is 5.79 Å². The second kappa shape index (κ2) is 5.43. The molecule has 0 fully saturated rings. The summed E-state index contributed by atoms with van der Waals surface area (Å²) in [5, 5.41) is 0. The fourth-order valence-corrected chi connectivity index (χ4v) is 2.11. The van der Waals surface area contributed by atoms with Crippen molar-refractivity contribution in [3.8, 4) is 0 Å². The van der Waals surface area contributed by atoms with Gasteiger partial charge in [-0.15, -0.1) is 0 Å². The fourth-order valence-electron chi connectivity index (χ4n) is 0.235. The molecule has 0 aliphatic carbocycles. The summed E-state index contributed by atoms with van der Waals surface area (Å²) in [6, 6.07) is 0. The molecular weight excluding hydrogens is 158 g/mol. The lowest BCUT2D eigenvalue weighted by Gasteiger charge is -2.08. The molecule has 0 aromatic rings. The van der Waals surface area contributed by atoms with Crippen molar-refractivity contribution in [2.24, 2.45) is 0 Å². The van der Waals surface area contributed by atoms with E-state index in [1.54, 1.807) is 0 Å². The molecular formula is C3H11AlO4P. The smallest absolute Gasteiger partial charge is 0.432 e. The van der Waals surface area contributed by atoms with Crippen LogP contribution in [-0.4, -0.2) is 34.8 Å². The van der Waals surface area contributed by atoms with E-state index in [2.05, 4.69) is 4.52 Å². The summed E-state index contributed by atoms with van der Waals surface area (Å²) < 4.78 is 20.1. The zero-order valence-electron chi connectivity index (χ0n) is 5.75. The van der Waals surface area contributed by atoms with E-state index < -0.39 is 7.60 Å². The van der Waals surface area contributed by atoms with Crippen LogP contribution in [0, 0.1) is 0 Å². The summed E-state index contributed by atoms with van der Waals surface area (Å²) in [6.45, 7) is 1.46. The molecule has 55 valence electrons. The molecule has 0 rings (SSSR count). The third-order valence-electron chi connectivity index (χ3n) is 0.629. The highest BCUT2D eigenvalue weighted by Crippen LogP contribution is 2.41. The van der Waals surface area contributed by atoms with Crippen LogP contribution in [0.1, 0.15) is 0 Å². The van der Waals surface area contributed by atoms with Crippen LogP contribution >= 0.6 is 7.60 Å². The lowest BCUT2D eigenvalue weighted by atomic mass is 11.8. The van der Waals surface area contributed by atoms with Gasteiger partial charge in [-0.05, 0) is 0 Å². The molecule has 0 bridgehead atoms. The normalized spacial score (nSPS) is 15.4. The zero-order valence-corrected chi connectivity index (χ0v) is 7.80. The van der Waals surface area contributed by atoms with Gasteiger partial charge in [-0.3, -0.25) is 4.57 Å². The lowest BCUT2D eigenvalue weighted by molar-refractivity contribution is 0.334. The molecule has 0 spiro atoms. The van der Waals surface area contributed by atoms with Crippen molar-refractivity contribution in [3.63, 3.8) is 0 Å². The van der Waals surface area contributed by atoms with E-state index in [-0.39, 0.29) is 21.0 Å². The van der Waals surface area contributed by atoms with Gasteiger partial charge >= 0.3 is 15.6 Å². The maximum atomic E-state index is 10.8. The van der Waals surface area contributed by atoms with Gasteiger partial charge in [-0.1, -0.05) is 5.79 Å². The van der Waals surface area contributed by atoms with Crippen LogP contribution in [0.3, 0.4) is 0 Å². The van der Waals surface area contributed by atoms with Gasteiger partial charge < -0.3 is 13.6 Å². The molecule has 0 aromatic heterocycles. The molecule has 0 aliphatic heterocycles. The molecule has 6 heteroatoms. The third-order valence-corrected chi connectivity index (χ3v) is 3.67. The largest absolute Gasteiger partial charge is 0.444 e. The van der Waals surface area contributed by atoms with Gasteiger partial charge in [0, 0.05) is 13.8 Å². The number of rotatable bonds is 3. The Kier molecular flexibility index (Phi) is 7.44. The van der Waals surface area contributed by atoms with Gasteiger partial charge in [0.15, 0.2) is 0 Å². The molecule has 9 heavy (non-hydrogen) atoms. The minimum atomic E-state index is -2.64. The third kappa shape index (κ3) is 6.53. The van der Waals surface area contributed by atoms with Crippen LogP contribution in [0.15, 0.2) is 0 Å². The Morgan fingerprint density at radius 1 is 1.56 bits per heavy atom. The first-order chi connectivity index (χ1) is 3.62. The van der Waals surface area contributed by atoms with E-state index in [4.69, 9.17) is 3.58 Å². The van der Waals surface area contributed by atoms with Gasteiger partial charge in [0.2, 0.25) is 0 Å². The van der Waals surface area contributed by atoms with Crippen molar-refractivity contribution in [2.45, 2.75) is 5.79 Å². The Morgan fingerprint density at radius 2 is 2.00 bits per heavy atom. The standard InChI is InChI=1S/C2H7O3P.CH3.Al.H2O/c1-5-6(2,3)4;;;/h1-2H3,(H,3,4);1H3;;1H2/q;;+1;/p-1. The Hall–Kier alpha value is 0.642. The highest BCUT2D eigenvalue weighted by atomic mass is 31.2. The molecule has 1 radical (unpaired) electrons. The predicted molar refractivity (Wildman–Crippen MR) is 36.9 cm³/mol. The average Bonchev–Trinajstić information content (AvgIpc) is 1.67. The van der Waals surface area contributed by atoms with Crippen molar-refractivity contribution < 1.29 is 18.1 Å². The van der Waals surface area contributed by atoms with E-state index in [0.29, 0.717) is 0 Å². The van der Waals surface area contributed by atoms with Crippen LogP contribution in [0.25, 0.3) is 0 Å². The molecule has 1 unspecified atom stereocenters. The minimum Gasteiger partial charge on any atom is -0.444 e. The monoisotopic (exact) mass is 169 g/mol. The lowest BCUT2D eigenvalue weighted by Crippen LogP contribution is -1.91. The molecule has 4 nitrogen and oxygen atoms in total. The van der Waals surface area contributed by atoms with Gasteiger partial charge in [-0.25, -0.2) is 0 Å². The predicted octanol–water partition coefficient (Wildman–Crippen LogP) is 0.315. The summed E-state index contributed by atoms with van der Waals surface area (Å²) in [6.07, 6.45) is 0. The summed E-state index contributed by atoms with van der Waals surface area (Å²) in [4.78, 5) is 0. The molecule has 0 heterocycles. The maximum absolute atomic E-state index is 10.8. The fraction of sp³-hybridized carbons (Fsp3) is 1.00. The molecule has 0 aliphatic rings. The highest BCUT2D eigenvalue weighted by molar-refractivity contribution is 7.54. The maximum Gasteiger partial charge on any atom is 0.432 e. The van der Waals surface area contributed by atoms with Crippen molar-refractivity contribution >= 4 is 23.1 Å². The van der Waals surface area contributed by atoms with Gasteiger partial charge in [0.1, 0.15) is 0 Å². The van der Waals surface area contributed by atoms with Crippen LogP contribution in [0.5, 0.6) is 0 Å². The van der Waals surface area contributed by atoms with Gasteiger partial charge in [-0.2, -0.15) is 0 Å². The number of hydrogen-bond donors (Lipinski definition) is 0. The van der Waals surface area contributed by atoms with Gasteiger partial charge in [0.05, 0.1) is 0 Å². The van der Waals surface area contributed by atoms with E-state index in [0.717, 1.165) is 0 Å². The molecule has 2 N–H and O–H groups in total. The topological polar surface area (TPSA) is 67.0 Å². The van der Waals surface area contributed by atoms with Crippen molar-refractivity contribution in [1.29, 1.82) is 0 Å². The Bertz CT molecular complexity index is 106. The molecule has 0 saturated heterocycles.